The Kier molecular flexibility index (Phi) is 6.77. The molecule has 0 aliphatic carbocycles. The third-order valence-corrected chi connectivity index (χ3v) is 3.34. The van der Waals surface area contributed by atoms with Gasteiger partial charge in [-0.05, 0) is 43.2 Å². The minimum absolute atomic E-state index is 0.709. The van der Waals surface area contributed by atoms with Crippen molar-refractivity contribution >= 4 is 17.2 Å². The lowest BCUT2D eigenvalue weighted by molar-refractivity contribution is 0.152. The van der Waals surface area contributed by atoms with Crippen molar-refractivity contribution in [1.82, 2.24) is 0 Å². The summed E-state index contributed by atoms with van der Waals surface area (Å²) in [7, 11) is 0. The van der Waals surface area contributed by atoms with Gasteiger partial charge in [-0.2, -0.15) is 0 Å². The Hall–Kier alpha value is -2.01. The van der Waals surface area contributed by atoms with Gasteiger partial charge in [0.15, 0.2) is 0 Å². The predicted molar refractivity (Wildman–Crippen MR) is 93.9 cm³/mol. The van der Waals surface area contributed by atoms with Gasteiger partial charge in [0, 0.05) is 22.8 Å². The van der Waals surface area contributed by atoms with E-state index in [0.717, 1.165) is 34.8 Å². The second-order valence-corrected chi connectivity index (χ2v) is 5.16. The van der Waals surface area contributed by atoms with E-state index in [2.05, 4.69) is 17.9 Å². The normalized spacial score (nSPS) is 10.9. The van der Waals surface area contributed by atoms with Gasteiger partial charge < -0.3 is 4.74 Å². The van der Waals surface area contributed by atoms with Crippen LogP contribution in [0.25, 0.3) is 5.57 Å². The minimum atomic E-state index is 0.709. The fourth-order valence-corrected chi connectivity index (χ4v) is 2.09. The number of ether oxygens (including phenoxy) is 1. The van der Waals surface area contributed by atoms with E-state index in [1.807, 2.05) is 61.5 Å². The highest BCUT2D eigenvalue weighted by molar-refractivity contribution is 6.30. The minimum Gasteiger partial charge on any atom is -0.381 e. The second kappa shape index (κ2) is 9.10. The molecule has 0 aromatic heterocycles. The van der Waals surface area contributed by atoms with Crippen LogP contribution in [0.4, 0.5) is 0 Å². The molecule has 22 heavy (non-hydrogen) atoms. The maximum absolute atomic E-state index is 5.96. The standard InChI is InChI=1S/C20H19ClO/c1-2-22-16-6-9-18(19-12-14-20(21)15-13-19)11-10-17-7-4-3-5-8-17/h3-5,7-9,12-15H,2,6,16H2,1H3/b18-9+. The van der Waals surface area contributed by atoms with Crippen molar-refractivity contribution in [3.8, 4) is 11.8 Å². The maximum Gasteiger partial charge on any atom is 0.0500 e. The average molecular weight is 311 g/mol. The monoisotopic (exact) mass is 310 g/mol. The largest absolute Gasteiger partial charge is 0.381 e. The highest BCUT2D eigenvalue weighted by Crippen LogP contribution is 2.18. The summed E-state index contributed by atoms with van der Waals surface area (Å²) in [6.45, 7) is 3.44. The van der Waals surface area contributed by atoms with E-state index in [1.165, 1.54) is 0 Å². The molecule has 112 valence electrons. The van der Waals surface area contributed by atoms with E-state index < -0.39 is 0 Å². The van der Waals surface area contributed by atoms with Crippen LogP contribution in [0.5, 0.6) is 0 Å². The Labute approximate surface area is 137 Å². The zero-order valence-corrected chi connectivity index (χ0v) is 13.4. The van der Waals surface area contributed by atoms with E-state index in [0.29, 0.717) is 6.61 Å². The topological polar surface area (TPSA) is 9.23 Å². The van der Waals surface area contributed by atoms with Gasteiger partial charge in [0.2, 0.25) is 0 Å². The summed E-state index contributed by atoms with van der Waals surface area (Å²) < 4.78 is 5.39. The first-order chi connectivity index (χ1) is 10.8. The SMILES string of the molecule is CCOCC/C=C(\C#Cc1ccccc1)c1ccc(Cl)cc1. The van der Waals surface area contributed by atoms with Crippen LogP contribution in [0.2, 0.25) is 5.02 Å². The van der Waals surface area contributed by atoms with Crippen molar-refractivity contribution < 1.29 is 4.74 Å². The molecular formula is C20H19ClO. The van der Waals surface area contributed by atoms with Crippen LogP contribution in [0.1, 0.15) is 24.5 Å². The van der Waals surface area contributed by atoms with Crippen molar-refractivity contribution in [2.24, 2.45) is 0 Å². The average Bonchev–Trinajstić information content (AvgIpc) is 2.56. The molecule has 0 saturated heterocycles. The number of hydrogen-bond donors (Lipinski definition) is 0. The Balaban J connectivity index is 2.22. The molecule has 2 rings (SSSR count). The summed E-state index contributed by atoms with van der Waals surface area (Å²) in [5.74, 6) is 6.47. The third-order valence-electron chi connectivity index (χ3n) is 3.09. The van der Waals surface area contributed by atoms with Gasteiger partial charge in [0.1, 0.15) is 0 Å². The molecule has 2 heteroatoms. The molecule has 2 aromatic rings. The molecule has 0 N–H and O–H groups in total. The molecule has 0 saturated carbocycles. The predicted octanol–water partition coefficient (Wildman–Crippen LogP) is 5.20. The molecule has 0 spiro atoms. The molecule has 0 radical (unpaired) electrons. The van der Waals surface area contributed by atoms with Gasteiger partial charge in [-0.25, -0.2) is 0 Å². The molecule has 0 atom stereocenters. The fraction of sp³-hybridized carbons (Fsp3) is 0.200. The van der Waals surface area contributed by atoms with E-state index in [1.54, 1.807) is 0 Å². The quantitative estimate of drug-likeness (QED) is 0.544. The maximum atomic E-state index is 5.96. The van der Waals surface area contributed by atoms with Crippen LogP contribution in [0.15, 0.2) is 60.7 Å². The lowest BCUT2D eigenvalue weighted by atomic mass is 10.0. The van der Waals surface area contributed by atoms with Gasteiger partial charge in [-0.1, -0.05) is 59.8 Å². The van der Waals surface area contributed by atoms with Crippen molar-refractivity contribution in [3.05, 3.63) is 76.8 Å². The molecule has 1 nitrogen and oxygen atoms in total. The summed E-state index contributed by atoms with van der Waals surface area (Å²) >= 11 is 5.96. The van der Waals surface area contributed by atoms with E-state index in [4.69, 9.17) is 16.3 Å². The zero-order valence-electron chi connectivity index (χ0n) is 12.7. The number of rotatable bonds is 5. The summed E-state index contributed by atoms with van der Waals surface area (Å²) in [5.41, 5.74) is 3.08. The van der Waals surface area contributed by atoms with Gasteiger partial charge in [-0.15, -0.1) is 0 Å². The van der Waals surface area contributed by atoms with Crippen LogP contribution in [0.3, 0.4) is 0 Å². The lowest BCUT2D eigenvalue weighted by Crippen LogP contribution is -1.92. The first-order valence-electron chi connectivity index (χ1n) is 7.40. The van der Waals surface area contributed by atoms with Crippen molar-refractivity contribution in [2.75, 3.05) is 13.2 Å². The molecular weight excluding hydrogens is 292 g/mol. The molecule has 0 aliphatic rings. The number of halogens is 1. The molecule has 2 aromatic carbocycles. The fourth-order valence-electron chi connectivity index (χ4n) is 1.96. The smallest absolute Gasteiger partial charge is 0.0500 e. The molecule has 0 heterocycles. The van der Waals surface area contributed by atoms with Gasteiger partial charge in [0.25, 0.3) is 0 Å². The second-order valence-electron chi connectivity index (χ2n) is 4.73. The van der Waals surface area contributed by atoms with Crippen LogP contribution in [-0.2, 0) is 4.74 Å². The van der Waals surface area contributed by atoms with Crippen molar-refractivity contribution in [3.63, 3.8) is 0 Å². The van der Waals surface area contributed by atoms with Gasteiger partial charge in [0.05, 0.1) is 6.61 Å². The van der Waals surface area contributed by atoms with Gasteiger partial charge in [-0.3, -0.25) is 0 Å². The zero-order chi connectivity index (χ0) is 15.6. The molecule has 0 unspecified atom stereocenters. The third kappa shape index (κ3) is 5.41. The van der Waals surface area contributed by atoms with E-state index in [-0.39, 0.29) is 0 Å². The van der Waals surface area contributed by atoms with Crippen molar-refractivity contribution in [1.29, 1.82) is 0 Å². The molecule has 0 bridgehead atoms. The number of allylic oxidation sites excluding steroid dienone is 1. The summed E-state index contributed by atoms with van der Waals surface area (Å²) in [6.07, 6.45) is 2.96. The Morgan fingerprint density at radius 3 is 2.50 bits per heavy atom. The molecule has 0 amide bonds. The molecule has 0 aliphatic heterocycles. The summed E-state index contributed by atoms with van der Waals surface area (Å²) in [5, 5.41) is 0.730. The number of hydrogen-bond acceptors (Lipinski definition) is 1. The Bertz CT molecular complexity index is 660. The highest BCUT2D eigenvalue weighted by Gasteiger charge is 1.99. The van der Waals surface area contributed by atoms with Crippen molar-refractivity contribution in [2.45, 2.75) is 13.3 Å². The van der Waals surface area contributed by atoms with Crippen LogP contribution in [0, 0.1) is 11.8 Å². The Morgan fingerprint density at radius 2 is 1.82 bits per heavy atom. The molecule has 0 fully saturated rings. The lowest BCUT2D eigenvalue weighted by Gasteiger charge is -2.02. The van der Waals surface area contributed by atoms with Crippen LogP contribution in [-0.4, -0.2) is 13.2 Å². The first kappa shape index (κ1) is 16.4. The van der Waals surface area contributed by atoms with E-state index in [9.17, 15) is 0 Å². The first-order valence-corrected chi connectivity index (χ1v) is 7.78. The Morgan fingerprint density at radius 1 is 1.09 bits per heavy atom. The number of benzene rings is 2. The van der Waals surface area contributed by atoms with Gasteiger partial charge >= 0.3 is 0 Å². The summed E-state index contributed by atoms with van der Waals surface area (Å²) in [6, 6.07) is 17.7. The highest BCUT2D eigenvalue weighted by atomic mass is 35.5. The van der Waals surface area contributed by atoms with Crippen LogP contribution >= 0.6 is 11.6 Å². The van der Waals surface area contributed by atoms with Crippen LogP contribution < -0.4 is 0 Å². The summed E-state index contributed by atoms with van der Waals surface area (Å²) in [4.78, 5) is 0. The van der Waals surface area contributed by atoms with E-state index >= 15 is 0 Å².